The van der Waals surface area contributed by atoms with Crippen LogP contribution < -0.4 is 0 Å². The molecule has 0 spiro atoms. The van der Waals surface area contributed by atoms with Crippen LogP contribution in [-0.2, 0) is 9.53 Å². The summed E-state index contributed by atoms with van der Waals surface area (Å²) in [6.07, 6.45) is 1.34. The van der Waals surface area contributed by atoms with E-state index in [-0.39, 0.29) is 17.3 Å². The Labute approximate surface area is 96.4 Å². The Morgan fingerprint density at radius 2 is 2.12 bits per heavy atom. The Balaban J connectivity index is 2.46. The molecule has 0 fully saturated rings. The monoisotopic (exact) mass is 232 g/mol. The van der Waals surface area contributed by atoms with Crippen LogP contribution in [0.25, 0.3) is 6.08 Å². The largest absolute Gasteiger partial charge is 0.407 e. The zero-order chi connectivity index (χ0) is 12.4. The molecule has 17 heavy (non-hydrogen) atoms. The van der Waals surface area contributed by atoms with Crippen molar-refractivity contribution in [2.75, 3.05) is 0 Å². The van der Waals surface area contributed by atoms with Crippen LogP contribution in [-0.4, -0.2) is 16.8 Å². The van der Waals surface area contributed by atoms with Crippen molar-refractivity contribution in [3.05, 3.63) is 45.6 Å². The molecule has 0 N–H and O–H groups in total. The first kappa shape index (κ1) is 11.0. The zero-order valence-corrected chi connectivity index (χ0v) is 8.91. The predicted octanol–water partition coefficient (Wildman–Crippen LogP) is 1.91. The molecule has 6 heteroatoms. The number of nitro groups is 1. The zero-order valence-electron chi connectivity index (χ0n) is 8.91. The van der Waals surface area contributed by atoms with Crippen molar-refractivity contribution in [3.8, 4) is 0 Å². The van der Waals surface area contributed by atoms with Gasteiger partial charge in [-0.2, -0.15) is 0 Å². The summed E-state index contributed by atoms with van der Waals surface area (Å²) in [6, 6.07) is 6.11. The molecule has 1 heterocycles. The van der Waals surface area contributed by atoms with Crippen LogP contribution in [0.4, 0.5) is 5.69 Å². The number of carbonyl (C=O) groups is 1. The number of aliphatic imine (C=N–C) groups is 1. The van der Waals surface area contributed by atoms with Crippen molar-refractivity contribution in [3.63, 3.8) is 0 Å². The summed E-state index contributed by atoms with van der Waals surface area (Å²) in [5, 5.41) is 10.8. The van der Waals surface area contributed by atoms with Crippen molar-refractivity contribution >= 4 is 23.6 Å². The van der Waals surface area contributed by atoms with Crippen LogP contribution in [0.3, 0.4) is 0 Å². The van der Waals surface area contributed by atoms with E-state index in [1.165, 1.54) is 19.1 Å². The molecular formula is C11H8N2O4. The third-order valence-electron chi connectivity index (χ3n) is 2.15. The summed E-state index contributed by atoms with van der Waals surface area (Å²) in [5.74, 6) is -0.361. The van der Waals surface area contributed by atoms with Crippen molar-refractivity contribution in [2.24, 2.45) is 4.99 Å². The second-order valence-corrected chi connectivity index (χ2v) is 3.37. The second-order valence-electron chi connectivity index (χ2n) is 3.37. The number of nitrogens with zero attached hydrogens (tertiary/aromatic N) is 2. The predicted molar refractivity (Wildman–Crippen MR) is 60.3 cm³/mol. The van der Waals surface area contributed by atoms with E-state index in [0.29, 0.717) is 5.56 Å². The van der Waals surface area contributed by atoms with Gasteiger partial charge < -0.3 is 4.74 Å². The fourth-order valence-electron chi connectivity index (χ4n) is 1.44. The molecule has 0 atom stereocenters. The molecule has 1 aromatic carbocycles. The number of cyclic esters (lactones) is 1. The molecule has 0 bridgehead atoms. The van der Waals surface area contributed by atoms with Crippen molar-refractivity contribution in [1.29, 1.82) is 0 Å². The van der Waals surface area contributed by atoms with Crippen molar-refractivity contribution < 1.29 is 14.5 Å². The first-order valence-corrected chi connectivity index (χ1v) is 4.80. The van der Waals surface area contributed by atoms with Gasteiger partial charge in [-0.1, -0.05) is 12.1 Å². The first-order valence-electron chi connectivity index (χ1n) is 4.80. The van der Waals surface area contributed by atoms with E-state index < -0.39 is 10.9 Å². The molecule has 1 aliphatic rings. The SMILES string of the molecule is CC1=N/C(=C\c2ccccc2[N+](=O)[O-])C(=O)O1. The summed E-state index contributed by atoms with van der Waals surface area (Å²) >= 11 is 0. The highest BCUT2D eigenvalue weighted by Gasteiger charge is 2.21. The minimum atomic E-state index is -0.597. The normalized spacial score (nSPS) is 16.9. The van der Waals surface area contributed by atoms with Gasteiger partial charge in [0.2, 0.25) is 0 Å². The number of ether oxygens (including phenoxy) is 1. The van der Waals surface area contributed by atoms with E-state index in [0.717, 1.165) is 0 Å². The standard InChI is InChI=1S/C11H8N2O4/c1-7-12-9(11(14)17-7)6-8-4-2-3-5-10(8)13(15)16/h2-6H,1H3/b9-6-. The van der Waals surface area contributed by atoms with E-state index in [1.54, 1.807) is 18.2 Å². The van der Waals surface area contributed by atoms with E-state index in [2.05, 4.69) is 4.99 Å². The van der Waals surface area contributed by atoms with Crippen LogP contribution in [0.5, 0.6) is 0 Å². The molecule has 6 nitrogen and oxygen atoms in total. The lowest BCUT2D eigenvalue weighted by Crippen LogP contribution is -2.00. The smallest absolute Gasteiger partial charge is 0.363 e. The maximum absolute atomic E-state index is 11.3. The third kappa shape index (κ3) is 2.20. The summed E-state index contributed by atoms with van der Waals surface area (Å²) in [7, 11) is 0. The lowest BCUT2D eigenvalue weighted by atomic mass is 10.1. The van der Waals surface area contributed by atoms with Crippen LogP contribution in [0, 0.1) is 10.1 Å². The highest BCUT2D eigenvalue weighted by molar-refractivity contribution is 6.06. The third-order valence-corrected chi connectivity index (χ3v) is 2.15. The molecule has 0 saturated heterocycles. The molecule has 1 aromatic rings. The van der Waals surface area contributed by atoms with Crippen molar-refractivity contribution in [2.45, 2.75) is 6.92 Å². The highest BCUT2D eigenvalue weighted by Crippen LogP contribution is 2.22. The number of para-hydroxylation sites is 1. The van der Waals surface area contributed by atoms with E-state index >= 15 is 0 Å². The van der Waals surface area contributed by atoms with Gasteiger partial charge >= 0.3 is 5.97 Å². The van der Waals surface area contributed by atoms with Gasteiger partial charge in [0.05, 0.1) is 10.5 Å². The first-order chi connectivity index (χ1) is 8.08. The number of hydrogen-bond donors (Lipinski definition) is 0. The Hall–Kier alpha value is -2.50. The minimum Gasteiger partial charge on any atom is -0.407 e. The molecule has 86 valence electrons. The summed E-state index contributed by atoms with van der Waals surface area (Å²) in [5.41, 5.74) is 0.312. The second kappa shape index (κ2) is 4.17. The van der Waals surface area contributed by atoms with Crippen LogP contribution in [0.15, 0.2) is 35.0 Å². The van der Waals surface area contributed by atoms with Gasteiger partial charge in [-0.3, -0.25) is 10.1 Å². The van der Waals surface area contributed by atoms with Gasteiger partial charge in [-0.25, -0.2) is 9.79 Å². The van der Waals surface area contributed by atoms with E-state index in [1.807, 2.05) is 0 Å². The molecule has 0 aliphatic carbocycles. The molecule has 0 aromatic heterocycles. The number of esters is 1. The van der Waals surface area contributed by atoms with Gasteiger partial charge in [-0.15, -0.1) is 0 Å². The molecule has 2 rings (SSSR count). The Morgan fingerprint density at radius 3 is 2.71 bits per heavy atom. The van der Waals surface area contributed by atoms with Gasteiger partial charge in [0, 0.05) is 13.0 Å². The fraction of sp³-hybridized carbons (Fsp3) is 0.0909. The summed E-state index contributed by atoms with van der Waals surface area (Å²) in [4.78, 5) is 25.4. The maximum atomic E-state index is 11.3. The highest BCUT2D eigenvalue weighted by atomic mass is 16.6. The quantitative estimate of drug-likeness (QED) is 0.337. The average Bonchev–Trinajstić information content (AvgIpc) is 2.58. The van der Waals surface area contributed by atoms with Crippen LogP contribution in [0.1, 0.15) is 12.5 Å². The molecule has 0 unspecified atom stereocenters. The van der Waals surface area contributed by atoms with Gasteiger partial charge in [0.25, 0.3) is 5.69 Å². The molecular weight excluding hydrogens is 224 g/mol. The summed E-state index contributed by atoms with van der Waals surface area (Å²) < 4.78 is 4.72. The Bertz CT molecular complexity index is 560. The number of carbonyl (C=O) groups excluding carboxylic acids is 1. The minimum absolute atomic E-state index is 0.0665. The number of rotatable bonds is 2. The fourth-order valence-corrected chi connectivity index (χ4v) is 1.44. The van der Waals surface area contributed by atoms with Gasteiger partial charge in [0.15, 0.2) is 11.6 Å². The number of benzene rings is 1. The van der Waals surface area contributed by atoms with E-state index in [4.69, 9.17) is 4.74 Å². The van der Waals surface area contributed by atoms with Crippen LogP contribution >= 0.6 is 0 Å². The molecule has 1 aliphatic heterocycles. The topological polar surface area (TPSA) is 81.8 Å². The van der Waals surface area contributed by atoms with Gasteiger partial charge in [-0.05, 0) is 12.1 Å². The van der Waals surface area contributed by atoms with Gasteiger partial charge in [0.1, 0.15) is 0 Å². The van der Waals surface area contributed by atoms with E-state index in [9.17, 15) is 14.9 Å². The maximum Gasteiger partial charge on any atom is 0.363 e. The van der Waals surface area contributed by atoms with Crippen molar-refractivity contribution in [1.82, 2.24) is 0 Å². The lowest BCUT2D eigenvalue weighted by Gasteiger charge is -1.96. The number of hydrogen-bond acceptors (Lipinski definition) is 5. The Kier molecular flexibility index (Phi) is 2.70. The number of nitro benzene ring substituents is 1. The Morgan fingerprint density at radius 1 is 1.41 bits per heavy atom. The molecule has 0 saturated carbocycles. The molecule has 0 radical (unpaired) electrons. The average molecular weight is 232 g/mol. The lowest BCUT2D eigenvalue weighted by molar-refractivity contribution is -0.385. The van der Waals surface area contributed by atoms with Crippen LogP contribution in [0.2, 0.25) is 0 Å². The summed E-state index contributed by atoms with van der Waals surface area (Å²) in [6.45, 7) is 1.54. The molecule has 0 amide bonds.